The molecule has 242 valence electrons. The number of furan rings is 2. The summed E-state index contributed by atoms with van der Waals surface area (Å²) in [7, 11) is 0. The van der Waals surface area contributed by atoms with Crippen LogP contribution in [0.15, 0.2) is 167 Å². The average Bonchev–Trinajstić information content (AvgIpc) is 3.79. The van der Waals surface area contributed by atoms with Crippen LogP contribution >= 0.6 is 0 Å². The van der Waals surface area contributed by atoms with E-state index < -0.39 is 0 Å². The van der Waals surface area contributed by atoms with Gasteiger partial charge in [0.05, 0.1) is 11.1 Å². The quantitative estimate of drug-likeness (QED) is 0.186. The Bertz CT molecular complexity index is 3200. The van der Waals surface area contributed by atoms with Gasteiger partial charge < -0.3 is 8.83 Å². The van der Waals surface area contributed by atoms with Crippen molar-refractivity contribution < 1.29 is 8.83 Å². The highest BCUT2D eigenvalue weighted by atomic mass is 16.3. The summed E-state index contributed by atoms with van der Waals surface area (Å²) in [6.07, 6.45) is 0. The first kappa shape index (κ1) is 28.6. The van der Waals surface area contributed by atoms with Gasteiger partial charge in [-0.3, -0.25) is 0 Å². The van der Waals surface area contributed by atoms with Gasteiger partial charge in [0.1, 0.15) is 16.7 Å². The molecule has 0 spiro atoms. The number of para-hydroxylation sites is 2. The SMILES string of the molecule is c1ccc(-c2nc(-c3ccc(-c4nc5oc6ccccc6c5c5ccccc45)c4ccccc34)nc(-c3cccc4oc5ccccc5c34)n2)cc1. The summed E-state index contributed by atoms with van der Waals surface area (Å²) in [5, 5.41) is 8.32. The predicted octanol–water partition coefficient (Wildman–Crippen LogP) is 12.0. The maximum absolute atomic E-state index is 6.34. The van der Waals surface area contributed by atoms with Crippen LogP contribution in [-0.2, 0) is 0 Å². The van der Waals surface area contributed by atoms with E-state index in [1.807, 2.05) is 78.9 Å². The number of aromatic nitrogens is 4. The molecular weight excluding hydrogens is 641 g/mol. The molecule has 6 heteroatoms. The summed E-state index contributed by atoms with van der Waals surface area (Å²) in [5.74, 6) is 1.76. The van der Waals surface area contributed by atoms with Crippen LogP contribution in [-0.4, -0.2) is 19.9 Å². The van der Waals surface area contributed by atoms with Gasteiger partial charge in [0.2, 0.25) is 5.71 Å². The van der Waals surface area contributed by atoms with Gasteiger partial charge in [-0.2, -0.15) is 0 Å². The van der Waals surface area contributed by atoms with Crippen molar-refractivity contribution in [1.82, 2.24) is 19.9 Å². The van der Waals surface area contributed by atoms with Gasteiger partial charge in [0, 0.05) is 43.8 Å². The van der Waals surface area contributed by atoms with E-state index in [2.05, 4.69) is 78.9 Å². The van der Waals surface area contributed by atoms with Crippen LogP contribution < -0.4 is 0 Å². The lowest BCUT2D eigenvalue weighted by molar-refractivity contribution is 0.655. The second-order valence-electron chi connectivity index (χ2n) is 12.9. The van der Waals surface area contributed by atoms with Gasteiger partial charge in [-0.25, -0.2) is 19.9 Å². The summed E-state index contributed by atoms with van der Waals surface area (Å²) >= 11 is 0. The van der Waals surface area contributed by atoms with E-state index in [0.29, 0.717) is 23.2 Å². The molecule has 11 aromatic rings. The first-order chi connectivity index (χ1) is 25.8. The lowest BCUT2D eigenvalue weighted by atomic mass is 9.94. The van der Waals surface area contributed by atoms with Crippen molar-refractivity contribution in [3.8, 4) is 45.4 Å². The first-order valence-electron chi connectivity index (χ1n) is 17.2. The lowest BCUT2D eigenvalue weighted by Gasteiger charge is -2.14. The van der Waals surface area contributed by atoms with Crippen molar-refractivity contribution in [2.75, 3.05) is 0 Å². The molecule has 0 fully saturated rings. The van der Waals surface area contributed by atoms with Crippen LogP contribution in [0.2, 0.25) is 0 Å². The van der Waals surface area contributed by atoms with E-state index in [9.17, 15) is 0 Å². The molecule has 0 radical (unpaired) electrons. The van der Waals surface area contributed by atoms with E-state index in [-0.39, 0.29) is 0 Å². The monoisotopic (exact) mass is 666 g/mol. The topological polar surface area (TPSA) is 77.8 Å². The Balaban J connectivity index is 1.16. The number of hydrogen-bond acceptors (Lipinski definition) is 6. The minimum absolute atomic E-state index is 0.581. The standard InChI is InChI=1S/C46H26N4O2/c1-2-13-27(14-3-1)43-48-44(50-45(49-43)36-21-12-24-39-40(36)34-19-8-10-22-37(34)51-39)33-26-25-32(28-15-4-5-16-29(28)33)42-31-18-7-6-17-30(31)41-35-20-9-11-23-38(35)52-46(41)47-42/h1-26H. The number of pyridine rings is 1. The molecule has 0 bridgehead atoms. The third-order valence-corrected chi connectivity index (χ3v) is 9.97. The summed E-state index contributed by atoms with van der Waals surface area (Å²) in [5.41, 5.74) is 7.63. The average molecular weight is 667 g/mol. The number of hydrogen-bond donors (Lipinski definition) is 0. The molecule has 0 atom stereocenters. The Kier molecular flexibility index (Phi) is 6.15. The largest absolute Gasteiger partial charge is 0.456 e. The Labute approximate surface area is 296 Å². The highest BCUT2D eigenvalue weighted by Gasteiger charge is 2.21. The molecule has 0 aliphatic heterocycles. The molecule has 0 aliphatic carbocycles. The number of nitrogens with zero attached hydrogens (tertiary/aromatic N) is 4. The normalized spacial score (nSPS) is 11.8. The summed E-state index contributed by atoms with van der Waals surface area (Å²) < 4.78 is 12.6. The van der Waals surface area contributed by atoms with Gasteiger partial charge >= 0.3 is 0 Å². The Morgan fingerprint density at radius 1 is 0.308 bits per heavy atom. The molecule has 0 amide bonds. The van der Waals surface area contributed by atoms with Gasteiger partial charge in [-0.15, -0.1) is 0 Å². The third kappa shape index (κ3) is 4.31. The number of benzene rings is 7. The fourth-order valence-corrected chi connectivity index (χ4v) is 7.64. The Morgan fingerprint density at radius 3 is 1.62 bits per heavy atom. The van der Waals surface area contributed by atoms with Gasteiger partial charge in [0.25, 0.3) is 0 Å². The second kappa shape index (κ2) is 11.2. The third-order valence-electron chi connectivity index (χ3n) is 9.97. The van der Waals surface area contributed by atoms with Crippen LogP contribution in [0.25, 0.3) is 111 Å². The van der Waals surface area contributed by atoms with E-state index in [1.54, 1.807) is 0 Å². The van der Waals surface area contributed by atoms with Gasteiger partial charge in [0.15, 0.2) is 17.5 Å². The molecular formula is C46H26N4O2. The Morgan fingerprint density at radius 2 is 0.846 bits per heavy atom. The zero-order valence-electron chi connectivity index (χ0n) is 27.6. The summed E-state index contributed by atoms with van der Waals surface area (Å²) in [6.45, 7) is 0. The van der Waals surface area contributed by atoms with Crippen molar-refractivity contribution in [2.24, 2.45) is 0 Å². The highest BCUT2D eigenvalue weighted by Crippen LogP contribution is 2.42. The van der Waals surface area contributed by atoms with Crippen molar-refractivity contribution >= 4 is 65.6 Å². The van der Waals surface area contributed by atoms with Crippen molar-refractivity contribution in [3.63, 3.8) is 0 Å². The summed E-state index contributed by atoms with van der Waals surface area (Å²) in [4.78, 5) is 20.6. The molecule has 6 nitrogen and oxygen atoms in total. The Hall–Kier alpha value is -7.18. The van der Waals surface area contributed by atoms with Crippen molar-refractivity contribution in [2.45, 2.75) is 0 Å². The molecule has 4 heterocycles. The van der Waals surface area contributed by atoms with Crippen LogP contribution in [0.1, 0.15) is 0 Å². The van der Waals surface area contributed by atoms with Crippen molar-refractivity contribution in [3.05, 3.63) is 158 Å². The zero-order chi connectivity index (χ0) is 34.2. The molecule has 0 saturated carbocycles. The fourth-order valence-electron chi connectivity index (χ4n) is 7.64. The smallest absolute Gasteiger partial charge is 0.228 e. The van der Waals surface area contributed by atoms with Crippen LogP contribution in [0.3, 0.4) is 0 Å². The van der Waals surface area contributed by atoms with E-state index in [0.717, 1.165) is 87.8 Å². The molecule has 7 aromatic carbocycles. The molecule has 0 unspecified atom stereocenters. The van der Waals surface area contributed by atoms with Crippen LogP contribution in [0, 0.1) is 0 Å². The summed E-state index contributed by atoms with van der Waals surface area (Å²) in [6, 6.07) is 53.4. The number of rotatable bonds is 4. The minimum Gasteiger partial charge on any atom is -0.456 e. The zero-order valence-corrected chi connectivity index (χ0v) is 27.6. The number of fused-ring (bicyclic) bond motifs is 9. The second-order valence-corrected chi connectivity index (χ2v) is 12.9. The van der Waals surface area contributed by atoms with Crippen molar-refractivity contribution in [1.29, 1.82) is 0 Å². The van der Waals surface area contributed by atoms with E-state index in [1.165, 1.54) is 0 Å². The highest BCUT2D eigenvalue weighted by molar-refractivity contribution is 6.21. The maximum atomic E-state index is 6.34. The lowest BCUT2D eigenvalue weighted by Crippen LogP contribution is -2.01. The fraction of sp³-hybridized carbons (Fsp3) is 0. The van der Waals surface area contributed by atoms with E-state index >= 15 is 0 Å². The first-order valence-corrected chi connectivity index (χ1v) is 17.2. The van der Waals surface area contributed by atoms with E-state index in [4.69, 9.17) is 28.8 Å². The maximum Gasteiger partial charge on any atom is 0.228 e. The van der Waals surface area contributed by atoms with Crippen LogP contribution in [0.5, 0.6) is 0 Å². The van der Waals surface area contributed by atoms with Gasteiger partial charge in [-0.1, -0.05) is 133 Å². The predicted molar refractivity (Wildman–Crippen MR) is 209 cm³/mol. The molecule has 0 aliphatic rings. The molecule has 4 aromatic heterocycles. The van der Waals surface area contributed by atoms with Gasteiger partial charge in [-0.05, 0) is 40.4 Å². The van der Waals surface area contributed by atoms with Crippen LogP contribution in [0.4, 0.5) is 0 Å². The minimum atomic E-state index is 0.581. The molecule has 0 N–H and O–H groups in total. The molecule has 0 saturated heterocycles. The molecule has 11 rings (SSSR count). The molecule has 52 heavy (non-hydrogen) atoms.